The van der Waals surface area contributed by atoms with Crippen molar-refractivity contribution in [3.05, 3.63) is 28.2 Å². The van der Waals surface area contributed by atoms with E-state index < -0.39 is 0 Å². The Balaban J connectivity index is 1.99. The van der Waals surface area contributed by atoms with Crippen LogP contribution in [0.3, 0.4) is 0 Å². The van der Waals surface area contributed by atoms with Gasteiger partial charge in [-0.2, -0.15) is 0 Å². The first-order valence-corrected chi connectivity index (χ1v) is 7.22. The highest BCUT2D eigenvalue weighted by Gasteiger charge is 2.10. The molecular formula is C10H15N5S2. The van der Waals surface area contributed by atoms with Crippen molar-refractivity contribution >= 4 is 23.1 Å². The van der Waals surface area contributed by atoms with Crippen molar-refractivity contribution in [3.8, 4) is 0 Å². The third kappa shape index (κ3) is 3.21. The number of hydrogen-bond donors (Lipinski definition) is 2. The fourth-order valence-corrected chi connectivity index (χ4v) is 2.88. The molecule has 0 aromatic carbocycles. The zero-order valence-corrected chi connectivity index (χ0v) is 11.0. The summed E-state index contributed by atoms with van der Waals surface area (Å²) in [5, 5.41) is 11.0. The number of nitrogen functional groups attached to an aromatic ring is 1. The highest BCUT2D eigenvalue weighted by molar-refractivity contribution is 7.99. The van der Waals surface area contributed by atoms with Crippen LogP contribution in [-0.4, -0.2) is 27.2 Å². The Hall–Kier alpha value is -1.05. The van der Waals surface area contributed by atoms with Gasteiger partial charge in [0, 0.05) is 17.1 Å². The molecule has 4 N–H and O–H groups in total. The second-order valence-corrected chi connectivity index (χ2v) is 5.61. The molecule has 0 spiro atoms. The number of hydrogen-bond acceptors (Lipinski definition) is 6. The van der Waals surface area contributed by atoms with Gasteiger partial charge in [0.05, 0.1) is 0 Å². The molecule has 0 aliphatic carbocycles. The van der Waals surface area contributed by atoms with Gasteiger partial charge in [-0.25, -0.2) is 4.68 Å². The molecule has 0 bridgehead atoms. The van der Waals surface area contributed by atoms with Crippen LogP contribution in [0.15, 0.2) is 22.7 Å². The molecular weight excluding hydrogens is 254 g/mol. The standard InChI is InChI=1S/C10H15N5S2/c11-4-2-6-17-10-14-13-9(15(10)12)7-8-3-1-5-16-8/h1,3,5H,2,4,6-7,11-12H2. The zero-order chi connectivity index (χ0) is 12.1. The van der Waals surface area contributed by atoms with Crippen molar-refractivity contribution < 1.29 is 0 Å². The minimum absolute atomic E-state index is 0.688. The highest BCUT2D eigenvalue weighted by atomic mass is 32.2. The van der Waals surface area contributed by atoms with Crippen LogP contribution >= 0.6 is 23.1 Å². The van der Waals surface area contributed by atoms with Gasteiger partial charge >= 0.3 is 0 Å². The molecule has 2 heterocycles. The van der Waals surface area contributed by atoms with Gasteiger partial charge in [0.25, 0.3) is 0 Å². The van der Waals surface area contributed by atoms with Crippen molar-refractivity contribution in [1.29, 1.82) is 0 Å². The van der Waals surface area contributed by atoms with Gasteiger partial charge in [0.1, 0.15) is 0 Å². The molecule has 92 valence electrons. The van der Waals surface area contributed by atoms with Crippen LogP contribution in [0, 0.1) is 0 Å². The van der Waals surface area contributed by atoms with Gasteiger partial charge in [-0.1, -0.05) is 17.8 Å². The molecule has 0 saturated carbocycles. The lowest BCUT2D eigenvalue weighted by molar-refractivity contribution is 0.806. The van der Waals surface area contributed by atoms with Gasteiger partial charge in [-0.05, 0) is 24.4 Å². The second kappa shape index (κ2) is 6.04. The van der Waals surface area contributed by atoms with Crippen LogP contribution in [0.25, 0.3) is 0 Å². The summed E-state index contributed by atoms with van der Waals surface area (Å²) in [7, 11) is 0. The monoisotopic (exact) mass is 269 g/mol. The van der Waals surface area contributed by atoms with Crippen LogP contribution < -0.4 is 11.6 Å². The van der Waals surface area contributed by atoms with Gasteiger partial charge in [0.15, 0.2) is 5.82 Å². The average Bonchev–Trinajstić information content (AvgIpc) is 2.94. The van der Waals surface area contributed by atoms with E-state index in [-0.39, 0.29) is 0 Å². The van der Waals surface area contributed by atoms with E-state index in [2.05, 4.69) is 16.3 Å². The maximum Gasteiger partial charge on any atom is 0.209 e. The summed E-state index contributed by atoms with van der Waals surface area (Å²) < 4.78 is 1.57. The molecule has 0 saturated heterocycles. The SMILES string of the molecule is NCCCSc1nnc(Cc2cccs2)n1N. The molecule has 0 fully saturated rings. The van der Waals surface area contributed by atoms with Crippen LogP contribution in [0.5, 0.6) is 0 Å². The molecule has 0 amide bonds. The Morgan fingerprint density at radius 3 is 3.00 bits per heavy atom. The van der Waals surface area contributed by atoms with E-state index in [0.29, 0.717) is 6.54 Å². The van der Waals surface area contributed by atoms with Crippen molar-refractivity contribution in [2.24, 2.45) is 5.73 Å². The summed E-state index contributed by atoms with van der Waals surface area (Å²) >= 11 is 3.29. The summed E-state index contributed by atoms with van der Waals surface area (Å²) in [6, 6.07) is 4.09. The van der Waals surface area contributed by atoms with Crippen molar-refractivity contribution in [2.45, 2.75) is 18.0 Å². The number of nitrogens with zero attached hydrogens (tertiary/aromatic N) is 3. The van der Waals surface area contributed by atoms with E-state index in [1.807, 2.05) is 11.4 Å². The Morgan fingerprint density at radius 1 is 1.41 bits per heavy atom. The minimum atomic E-state index is 0.688. The molecule has 7 heteroatoms. The summed E-state index contributed by atoms with van der Waals surface area (Å²) in [6.45, 7) is 0.688. The predicted molar refractivity (Wildman–Crippen MR) is 71.7 cm³/mol. The van der Waals surface area contributed by atoms with Crippen LogP contribution in [0.1, 0.15) is 17.1 Å². The molecule has 5 nitrogen and oxygen atoms in total. The van der Waals surface area contributed by atoms with Gasteiger partial charge in [0.2, 0.25) is 5.16 Å². The van der Waals surface area contributed by atoms with E-state index in [4.69, 9.17) is 11.6 Å². The predicted octanol–water partition coefficient (Wildman–Crippen LogP) is 1.09. The van der Waals surface area contributed by atoms with E-state index in [9.17, 15) is 0 Å². The molecule has 0 radical (unpaired) electrons. The molecule has 17 heavy (non-hydrogen) atoms. The fraction of sp³-hybridized carbons (Fsp3) is 0.400. The molecule has 0 aliphatic heterocycles. The Morgan fingerprint density at radius 2 is 2.29 bits per heavy atom. The maximum atomic E-state index is 5.95. The quantitative estimate of drug-likeness (QED) is 0.466. The molecule has 2 aromatic rings. The summed E-state index contributed by atoms with van der Waals surface area (Å²) in [5.41, 5.74) is 5.44. The number of nitrogens with two attached hydrogens (primary N) is 2. The molecule has 0 aliphatic rings. The number of thiophene rings is 1. The Kier molecular flexibility index (Phi) is 4.41. The van der Waals surface area contributed by atoms with E-state index in [1.54, 1.807) is 27.8 Å². The highest BCUT2D eigenvalue weighted by Crippen LogP contribution is 2.18. The number of thioether (sulfide) groups is 1. The van der Waals surface area contributed by atoms with E-state index in [0.717, 1.165) is 29.6 Å². The lowest BCUT2D eigenvalue weighted by Gasteiger charge is -2.02. The normalized spacial score (nSPS) is 10.9. The molecule has 2 rings (SSSR count). The number of aromatic nitrogens is 3. The average molecular weight is 269 g/mol. The topological polar surface area (TPSA) is 82.8 Å². The molecule has 0 unspecified atom stereocenters. The van der Waals surface area contributed by atoms with Gasteiger partial charge < -0.3 is 11.6 Å². The Labute approximate surface area is 108 Å². The molecule has 0 atom stereocenters. The third-order valence-electron chi connectivity index (χ3n) is 2.23. The largest absolute Gasteiger partial charge is 0.336 e. The smallest absolute Gasteiger partial charge is 0.209 e. The van der Waals surface area contributed by atoms with Crippen LogP contribution in [0.2, 0.25) is 0 Å². The number of rotatable bonds is 6. The van der Waals surface area contributed by atoms with Crippen molar-refractivity contribution in [3.63, 3.8) is 0 Å². The molecule has 2 aromatic heterocycles. The fourth-order valence-electron chi connectivity index (χ4n) is 1.34. The summed E-state index contributed by atoms with van der Waals surface area (Å²) in [4.78, 5) is 1.24. The lowest BCUT2D eigenvalue weighted by atomic mass is 10.3. The lowest BCUT2D eigenvalue weighted by Crippen LogP contribution is -2.14. The third-order valence-corrected chi connectivity index (χ3v) is 4.13. The Bertz CT molecular complexity index is 451. The van der Waals surface area contributed by atoms with Crippen LogP contribution in [-0.2, 0) is 6.42 Å². The zero-order valence-electron chi connectivity index (χ0n) is 9.37. The maximum absolute atomic E-state index is 5.95. The summed E-state index contributed by atoms with van der Waals surface area (Å²) in [5.74, 6) is 7.66. The van der Waals surface area contributed by atoms with E-state index >= 15 is 0 Å². The summed E-state index contributed by atoms with van der Waals surface area (Å²) in [6.07, 6.45) is 1.69. The minimum Gasteiger partial charge on any atom is -0.336 e. The van der Waals surface area contributed by atoms with Crippen LogP contribution in [0.4, 0.5) is 0 Å². The van der Waals surface area contributed by atoms with Gasteiger partial charge in [-0.15, -0.1) is 21.5 Å². The second-order valence-electron chi connectivity index (χ2n) is 3.52. The van der Waals surface area contributed by atoms with Crippen molar-refractivity contribution in [1.82, 2.24) is 14.9 Å². The first-order valence-electron chi connectivity index (χ1n) is 5.36. The first-order chi connectivity index (χ1) is 8.31. The van der Waals surface area contributed by atoms with Crippen molar-refractivity contribution in [2.75, 3.05) is 18.1 Å². The van der Waals surface area contributed by atoms with E-state index in [1.165, 1.54) is 4.88 Å². The van der Waals surface area contributed by atoms with Gasteiger partial charge in [-0.3, -0.25) is 0 Å². The first kappa shape index (κ1) is 12.4.